The van der Waals surface area contributed by atoms with Crippen LogP contribution in [0.25, 0.3) is 0 Å². The third kappa shape index (κ3) is 4.27. The maximum absolute atomic E-state index is 12.5. The molecule has 1 heterocycles. The minimum atomic E-state index is -0.588. The van der Waals surface area contributed by atoms with Crippen LogP contribution in [0.4, 0.5) is 5.69 Å². The third-order valence-corrected chi connectivity index (χ3v) is 4.45. The minimum absolute atomic E-state index is 0.0854. The van der Waals surface area contributed by atoms with E-state index >= 15 is 0 Å². The topological polar surface area (TPSA) is 88.1 Å². The molecule has 0 bridgehead atoms. The molecule has 0 spiro atoms. The normalized spacial score (nSPS) is 13.7. The highest BCUT2D eigenvalue weighted by atomic mass is 35.5. The predicted octanol–water partition coefficient (Wildman–Crippen LogP) is 2.81. The average Bonchev–Trinajstić information content (AvgIpc) is 3.01. The van der Waals surface area contributed by atoms with Crippen molar-refractivity contribution in [1.82, 2.24) is 4.90 Å². The quantitative estimate of drug-likeness (QED) is 0.692. The van der Waals surface area contributed by atoms with E-state index in [2.05, 4.69) is 5.32 Å². The number of aliphatic hydroxyl groups excluding tert-OH is 1. The maximum Gasteiger partial charge on any atom is 0.337 e. The van der Waals surface area contributed by atoms with E-state index in [1.54, 1.807) is 36.4 Å². The van der Waals surface area contributed by atoms with Crippen molar-refractivity contribution < 1.29 is 24.2 Å². The maximum atomic E-state index is 12.5. The molecule has 0 saturated heterocycles. The van der Waals surface area contributed by atoms with Crippen molar-refractivity contribution in [2.24, 2.45) is 0 Å². The van der Waals surface area contributed by atoms with Crippen LogP contribution < -0.4 is 10.1 Å². The molecule has 0 fully saturated rings. The summed E-state index contributed by atoms with van der Waals surface area (Å²) in [5, 5.41) is 12.6. The van der Waals surface area contributed by atoms with Gasteiger partial charge in [0.15, 0.2) is 0 Å². The number of esters is 1. The van der Waals surface area contributed by atoms with Gasteiger partial charge in [0, 0.05) is 12.2 Å². The highest BCUT2D eigenvalue weighted by Gasteiger charge is 2.34. The van der Waals surface area contributed by atoms with E-state index in [9.17, 15) is 9.59 Å². The van der Waals surface area contributed by atoms with Crippen LogP contribution in [0, 0.1) is 0 Å². The summed E-state index contributed by atoms with van der Waals surface area (Å²) in [6.45, 7) is 0.0266. The number of carbonyl (C=O) groups excluding carboxylic acids is 2. The number of nitrogens with one attached hydrogen (secondary N) is 1. The second-order valence-electron chi connectivity index (χ2n) is 5.98. The molecule has 0 saturated carbocycles. The zero-order chi connectivity index (χ0) is 20.1. The van der Waals surface area contributed by atoms with Crippen molar-refractivity contribution in [3.8, 4) is 11.5 Å². The molecule has 2 aromatic rings. The number of rotatable bonds is 7. The molecule has 7 nitrogen and oxygen atoms in total. The first kappa shape index (κ1) is 19.7. The summed E-state index contributed by atoms with van der Waals surface area (Å²) in [6, 6.07) is 14.0. The molecule has 1 aliphatic heterocycles. The van der Waals surface area contributed by atoms with Gasteiger partial charge in [-0.2, -0.15) is 0 Å². The van der Waals surface area contributed by atoms with Gasteiger partial charge in [0.2, 0.25) is 0 Å². The van der Waals surface area contributed by atoms with Crippen LogP contribution in [0.15, 0.2) is 59.8 Å². The third-order valence-electron chi connectivity index (χ3n) is 4.14. The lowest BCUT2D eigenvalue weighted by Crippen LogP contribution is -2.31. The van der Waals surface area contributed by atoms with Gasteiger partial charge in [-0.05, 0) is 36.4 Å². The number of methoxy groups -OCH3 is 1. The smallest absolute Gasteiger partial charge is 0.337 e. The summed E-state index contributed by atoms with van der Waals surface area (Å²) in [6.07, 6.45) is 0. The molecule has 1 aliphatic rings. The average molecular weight is 403 g/mol. The summed E-state index contributed by atoms with van der Waals surface area (Å²) in [5.41, 5.74) is 0.958. The van der Waals surface area contributed by atoms with Gasteiger partial charge in [-0.25, -0.2) is 4.79 Å². The lowest BCUT2D eigenvalue weighted by Gasteiger charge is -2.15. The summed E-state index contributed by atoms with van der Waals surface area (Å²) in [4.78, 5) is 25.9. The Labute approximate surface area is 167 Å². The zero-order valence-corrected chi connectivity index (χ0v) is 15.9. The van der Waals surface area contributed by atoms with Gasteiger partial charge in [-0.1, -0.05) is 23.7 Å². The van der Waals surface area contributed by atoms with Crippen molar-refractivity contribution in [3.63, 3.8) is 0 Å². The largest absolute Gasteiger partial charge is 0.466 e. The number of benzene rings is 2. The number of amides is 1. The Hall–Kier alpha value is -3.03. The molecule has 0 radical (unpaired) electrons. The van der Waals surface area contributed by atoms with Crippen LogP contribution in [0.1, 0.15) is 0 Å². The molecule has 0 aliphatic carbocycles. The van der Waals surface area contributed by atoms with Gasteiger partial charge in [0.1, 0.15) is 17.2 Å². The molecule has 8 heteroatoms. The number of β-amino-alcohol motifs (C(OH)–C–C–N with tert-alkyl or cyclic N) is 1. The van der Waals surface area contributed by atoms with Crippen molar-refractivity contribution in [3.05, 3.63) is 64.8 Å². The number of hydrogen-bond donors (Lipinski definition) is 2. The fraction of sp³-hybridized carbons (Fsp3) is 0.200. The van der Waals surface area contributed by atoms with Gasteiger partial charge >= 0.3 is 5.97 Å². The zero-order valence-electron chi connectivity index (χ0n) is 15.1. The molecular formula is C20H19ClN2O5. The lowest BCUT2D eigenvalue weighted by molar-refractivity contribution is -0.136. The van der Waals surface area contributed by atoms with Crippen molar-refractivity contribution in [2.75, 3.05) is 32.1 Å². The summed E-state index contributed by atoms with van der Waals surface area (Å²) in [5.74, 6) is 0.146. The number of nitrogens with zero attached hydrogens (tertiary/aromatic N) is 1. The Balaban J connectivity index is 1.77. The molecule has 2 N–H and O–H groups in total. The first-order chi connectivity index (χ1) is 13.5. The molecular weight excluding hydrogens is 384 g/mol. The monoisotopic (exact) mass is 402 g/mol. The molecule has 0 atom stereocenters. The van der Waals surface area contributed by atoms with Crippen molar-refractivity contribution >= 4 is 29.2 Å². The first-order valence-corrected chi connectivity index (χ1v) is 8.92. The number of halogens is 1. The van der Waals surface area contributed by atoms with E-state index < -0.39 is 5.97 Å². The molecule has 0 aromatic heterocycles. The predicted molar refractivity (Wildman–Crippen MR) is 104 cm³/mol. The van der Waals surface area contributed by atoms with Crippen LogP contribution in [-0.2, 0) is 14.3 Å². The standard InChI is InChI=1S/C20H19ClN2O5/c1-27-20(26)15-12-23(10-11-24)19(25)18(15)22-13-6-8-14(9-7-13)28-17-5-3-2-4-16(17)21/h2-9,22,24H,10-12H2,1H3. The SMILES string of the molecule is COC(=O)C1=C(Nc2ccc(Oc3ccccc3Cl)cc2)C(=O)N(CCO)C1. The van der Waals surface area contributed by atoms with Crippen molar-refractivity contribution in [2.45, 2.75) is 0 Å². The molecule has 1 amide bonds. The van der Waals surface area contributed by atoms with E-state index in [0.717, 1.165) is 0 Å². The van der Waals surface area contributed by atoms with E-state index in [-0.39, 0.29) is 36.9 Å². The van der Waals surface area contributed by atoms with E-state index in [1.807, 2.05) is 12.1 Å². The second-order valence-corrected chi connectivity index (χ2v) is 6.38. The van der Waals surface area contributed by atoms with E-state index in [4.69, 9.17) is 26.2 Å². The Morgan fingerprint density at radius 1 is 1.21 bits per heavy atom. The molecule has 28 heavy (non-hydrogen) atoms. The van der Waals surface area contributed by atoms with Gasteiger partial charge in [0.25, 0.3) is 5.91 Å². The highest BCUT2D eigenvalue weighted by molar-refractivity contribution is 6.32. The molecule has 3 rings (SSSR count). The Morgan fingerprint density at radius 2 is 1.93 bits per heavy atom. The summed E-state index contributed by atoms with van der Waals surface area (Å²) >= 11 is 6.09. The van der Waals surface area contributed by atoms with Crippen LogP contribution in [0.5, 0.6) is 11.5 Å². The van der Waals surface area contributed by atoms with Gasteiger partial charge in [-0.3, -0.25) is 4.79 Å². The van der Waals surface area contributed by atoms with Crippen LogP contribution in [-0.4, -0.2) is 48.7 Å². The Morgan fingerprint density at radius 3 is 2.57 bits per heavy atom. The lowest BCUT2D eigenvalue weighted by atomic mass is 10.2. The highest BCUT2D eigenvalue weighted by Crippen LogP contribution is 2.30. The van der Waals surface area contributed by atoms with Crippen molar-refractivity contribution in [1.29, 1.82) is 0 Å². The van der Waals surface area contributed by atoms with E-state index in [0.29, 0.717) is 22.2 Å². The molecule has 146 valence electrons. The number of hydrogen-bond acceptors (Lipinski definition) is 6. The summed E-state index contributed by atoms with van der Waals surface area (Å²) in [7, 11) is 1.26. The fourth-order valence-corrected chi connectivity index (χ4v) is 2.93. The van der Waals surface area contributed by atoms with Gasteiger partial charge in [0.05, 0.1) is 30.9 Å². The van der Waals surface area contributed by atoms with Crippen LogP contribution in [0.2, 0.25) is 5.02 Å². The van der Waals surface area contributed by atoms with E-state index in [1.165, 1.54) is 12.0 Å². The van der Waals surface area contributed by atoms with Gasteiger partial charge < -0.3 is 24.8 Å². The van der Waals surface area contributed by atoms with Crippen LogP contribution in [0.3, 0.4) is 0 Å². The number of carbonyl (C=O) groups is 2. The number of anilines is 1. The van der Waals surface area contributed by atoms with Crippen LogP contribution >= 0.6 is 11.6 Å². The summed E-state index contributed by atoms with van der Waals surface area (Å²) < 4.78 is 10.5. The number of ether oxygens (including phenoxy) is 2. The minimum Gasteiger partial charge on any atom is -0.466 e. The Kier molecular flexibility index (Phi) is 6.18. The second kappa shape index (κ2) is 8.77. The number of para-hydroxylation sites is 1. The number of aliphatic hydroxyl groups is 1. The molecule has 2 aromatic carbocycles. The fourth-order valence-electron chi connectivity index (χ4n) is 2.75. The van der Waals surface area contributed by atoms with Gasteiger partial charge in [-0.15, -0.1) is 0 Å². The Bertz CT molecular complexity index is 911. The first-order valence-electron chi connectivity index (χ1n) is 8.54. The molecule has 0 unspecified atom stereocenters.